The molecule has 1 atom stereocenters. The summed E-state index contributed by atoms with van der Waals surface area (Å²) in [6.07, 6.45) is 4.22. The Morgan fingerprint density at radius 2 is 2.32 bits per heavy atom. The summed E-state index contributed by atoms with van der Waals surface area (Å²) in [5, 5.41) is 10.1. The van der Waals surface area contributed by atoms with Crippen LogP contribution in [0, 0.1) is 0 Å². The predicted molar refractivity (Wildman–Crippen MR) is 84.1 cm³/mol. The Kier molecular flexibility index (Phi) is 4.26. The van der Waals surface area contributed by atoms with Crippen molar-refractivity contribution in [3.63, 3.8) is 0 Å². The second kappa shape index (κ2) is 6.33. The SMILES string of the molecule is O=C(O)NNC1CCCN(c2ccnc3cnc(Cl)cc23)C1. The van der Waals surface area contributed by atoms with Crippen molar-refractivity contribution < 1.29 is 9.90 Å². The van der Waals surface area contributed by atoms with Crippen LogP contribution in [-0.4, -0.2) is 40.3 Å². The predicted octanol–water partition coefficient (Wildman–Crippen LogP) is 2.02. The summed E-state index contributed by atoms with van der Waals surface area (Å²) in [6, 6.07) is 3.82. The zero-order valence-corrected chi connectivity index (χ0v) is 12.5. The molecule has 0 spiro atoms. The molecule has 1 aliphatic heterocycles. The number of fused-ring (bicyclic) bond motifs is 1. The van der Waals surface area contributed by atoms with Crippen LogP contribution < -0.4 is 15.8 Å². The Hall–Kier alpha value is -2.12. The van der Waals surface area contributed by atoms with E-state index in [4.69, 9.17) is 16.7 Å². The number of aromatic nitrogens is 2. The summed E-state index contributed by atoms with van der Waals surface area (Å²) in [5.41, 5.74) is 6.90. The van der Waals surface area contributed by atoms with E-state index in [-0.39, 0.29) is 6.04 Å². The van der Waals surface area contributed by atoms with Crippen LogP contribution >= 0.6 is 11.6 Å². The number of hydrogen-bond donors (Lipinski definition) is 3. The molecule has 3 heterocycles. The molecule has 0 radical (unpaired) electrons. The lowest BCUT2D eigenvalue weighted by atomic mass is 10.0. The molecule has 1 aliphatic rings. The number of rotatable bonds is 3. The van der Waals surface area contributed by atoms with Gasteiger partial charge in [0.2, 0.25) is 0 Å². The molecule has 22 heavy (non-hydrogen) atoms. The third-order valence-corrected chi connectivity index (χ3v) is 3.92. The van der Waals surface area contributed by atoms with Crippen LogP contribution in [0.25, 0.3) is 10.9 Å². The van der Waals surface area contributed by atoms with Crippen molar-refractivity contribution in [2.24, 2.45) is 0 Å². The van der Waals surface area contributed by atoms with Gasteiger partial charge in [0.05, 0.1) is 11.7 Å². The highest BCUT2D eigenvalue weighted by molar-refractivity contribution is 6.30. The van der Waals surface area contributed by atoms with E-state index in [0.29, 0.717) is 11.7 Å². The van der Waals surface area contributed by atoms with Crippen LogP contribution in [0.4, 0.5) is 10.5 Å². The summed E-state index contributed by atoms with van der Waals surface area (Å²) in [5.74, 6) is 0. The van der Waals surface area contributed by atoms with Gasteiger partial charge in [-0.25, -0.2) is 15.2 Å². The first-order valence-electron chi connectivity index (χ1n) is 7.03. The smallest absolute Gasteiger partial charge is 0.419 e. The van der Waals surface area contributed by atoms with E-state index < -0.39 is 6.09 Å². The molecule has 8 heteroatoms. The van der Waals surface area contributed by atoms with E-state index in [1.807, 2.05) is 12.1 Å². The average molecular weight is 322 g/mol. The van der Waals surface area contributed by atoms with Gasteiger partial charge in [-0.3, -0.25) is 10.4 Å². The van der Waals surface area contributed by atoms with E-state index in [0.717, 1.165) is 36.0 Å². The zero-order valence-electron chi connectivity index (χ0n) is 11.8. The van der Waals surface area contributed by atoms with Crippen LogP contribution in [-0.2, 0) is 0 Å². The molecule has 3 rings (SSSR count). The van der Waals surface area contributed by atoms with Gasteiger partial charge in [-0.1, -0.05) is 11.6 Å². The van der Waals surface area contributed by atoms with E-state index in [9.17, 15) is 4.79 Å². The van der Waals surface area contributed by atoms with Crippen LogP contribution in [0.3, 0.4) is 0 Å². The number of halogens is 1. The molecular weight excluding hydrogens is 306 g/mol. The fraction of sp³-hybridized carbons (Fsp3) is 0.357. The number of pyridine rings is 2. The minimum absolute atomic E-state index is 0.0605. The molecule has 0 aliphatic carbocycles. The summed E-state index contributed by atoms with van der Waals surface area (Å²) in [7, 11) is 0. The van der Waals surface area contributed by atoms with Gasteiger partial charge in [0, 0.05) is 36.4 Å². The van der Waals surface area contributed by atoms with Crippen molar-refractivity contribution in [1.29, 1.82) is 0 Å². The Balaban J connectivity index is 1.84. The van der Waals surface area contributed by atoms with Gasteiger partial charge in [0.1, 0.15) is 5.15 Å². The van der Waals surface area contributed by atoms with Gasteiger partial charge in [-0.2, -0.15) is 0 Å². The molecular formula is C14H16ClN5O2. The Labute approximate surface area is 132 Å². The van der Waals surface area contributed by atoms with E-state index in [1.165, 1.54) is 0 Å². The van der Waals surface area contributed by atoms with Gasteiger partial charge in [0.15, 0.2) is 0 Å². The third-order valence-electron chi connectivity index (χ3n) is 3.72. The van der Waals surface area contributed by atoms with Crippen molar-refractivity contribution in [3.05, 3.63) is 29.7 Å². The maximum Gasteiger partial charge on any atom is 0.419 e. The maximum absolute atomic E-state index is 10.6. The zero-order chi connectivity index (χ0) is 15.5. The Morgan fingerprint density at radius 1 is 1.45 bits per heavy atom. The molecule has 1 fully saturated rings. The van der Waals surface area contributed by atoms with Gasteiger partial charge in [-0.05, 0) is 25.0 Å². The quantitative estimate of drug-likeness (QED) is 0.592. The second-order valence-electron chi connectivity index (χ2n) is 5.21. The first-order valence-corrected chi connectivity index (χ1v) is 7.41. The number of nitrogens with one attached hydrogen (secondary N) is 2. The lowest BCUT2D eigenvalue weighted by Crippen LogP contribution is -2.52. The normalized spacial score (nSPS) is 18.4. The molecule has 3 N–H and O–H groups in total. The topological polar surface area (TPSA) is 90.4 Å². The highest BCUT2D eigenvalue weighted by atomic mass is 35.5. The molecule has 2 aromatic heterocycles. The minimum Gasteiger partial charge on any atom is -0.464 e. The van der Waals surface area contributed by atoms with Crippen molar-refractivity contribution in [2.75, 3.05) is 18.0 Å². The maximum atomic E-state index is 10.6. The number of piperidine rings is 1. The van der Waals surface area contributed by atoms with Gasteiger partial charge >= 0.3 is 6.09 Å². The number of hydrazine groups is 1. The van der Waals surface area contributed by atoms with Gasteiger partial charge < -0.3 is 10.0 Å². The average Bonchev–Trinajstić information content (AvgIpc) is 2.52. The van der Waals surface area contributed by atoms with E-state index in [2.05, 4.69) is 25.7 Å². The highest BCUT2D eigenvalue weighted by Gasteiger charge is 2.21. The fourth-order valence-electron chi connectivity index (χ4n) is 2.76. The minimum atomic E-state index is -1.08. The summed E-state index contributed by atoms with van der Waals surface area (Å²) in [6.45, 7) is 1.61. The van der Waals surface area contributed by atoms with E-state index >= 15 is 0 Å². The number of carbonyl (C=O) groups is 1. The number of hydrogen-bond acceptors (Lipinski definition) is 5. The first kappa shape index (κ1) is 14.8. The number of carboxylic acid groups (broad SMARTS) is 1. The Bertz CT molecular complexity index is 696. The molecule has 7 nitrogen and oxygen atoms in total. The van der Waals surface area contributed by atoms with Crippen LogP contribution in [0.1, 0.15) is 12.8 Å². The van der Waals surface area contributed by atoms with Crippen molar-refractivity contribution in [1.82, 2.24) is 20.8 Å². The highest BCUT2D eigenvalue weighted by Crippen LogP contribution is 2.28. The number of anilines is 1. The standard InChI is InChI=1S/C14H16ClN5O2/c15-13-6-10-11(7-17-13)16-4-3-12(10)20-5-1-2-9(8-20)18-19-14(21)22/h3-4,6-7,9,18-19H,1-2,5,8H2,(H,21,22). The van der Waals surface area contributed by atoms with Crippen molar-refractivity contribution >= 4 is 34.3 Å². The number of amides is 1. The molecule has 0 saturated carbocycles. The van der Waals surface area contributed by atoms with Crippen LogP contribution in [0.2, 0.25) is 5.15 Å². The van der Waals surface area contributed by atoms with Gasteiger partial charge in [0.25, 0.3) is 0 Å². The lowest BCUT2D eigenvalue weighted by Gasteiger charge is -2.35. The molecule has 0 bridgehead atoms. The monoisotopic (exact) mass is 321 g/mol. The third kappa shape index (κ3) is 3.20. The van der Waals surface area contributed by atoms with Crippen molar-refractivity contribution in [3.8, 4) is 0 Å². The van der Waals surface area contributed by atoms with Crippen LogP contribution in [0.5, 0.6) is 0 Å². The van der Waals surface area contributed by atoms with Crippen LogP contribution in [0.15, 0.2) is 24.5 Å². The van der Waals surface area contributed by atoms with Crippen molar-refractivity contribution in [2.45, 2.75) is 18.9 Å². The molecule has 2 aromatic rings. The largest absolute Gasteiger partial charge is 0.464 e. The number of nitrogens with zero attached hydrogens (tertiary/aromatic N) is 3. The fourth-order valence-corrected chi connectivity index (χ4v) is 2.92. The molecule has 1 unspecified atom stereocenters. The summed E-state index contributed by atoms with van der Waals surface area (Å²) < 4.78 is 0. The molecule has 1 saturated heterocycles. The van der Waals surface area contributed by atoms with E-state index in [1.54, 1.807) is 12.4 Å². The van der Waals surface area contributed by atoms with Gasteiger partial charge in [-0.15, -0.1) is 0 Å². The summed E-state index contributed by atoms with van der Waals surface area (Å²) in [4.78, 5) is 21.2. The molecule has 0 aromatic carbocycles. The molecule has 116 valence electrons. The lowest BCUT2D eigenvalue weighted by molar-refractivity contribution is 0.185. The summed E-state index contributed by atoms with van der Waals surface area (Å²) >= 11 is 6.00. The molecule has 1 amide bonds. The Morgan fingerprint density at radius 3 is 3.14 bits per heavy atom. The first-order chi connectivity index (χ1) is 10.6. The second-order valence-corrected chi connectivity index (χ2v) is 5.60.